The molecular formula is C43H85N2O7P. The first-order chi connectivity index (χ1) is 25.8. The highest BCUT2D eigenvalue weighted by Gasteiger charge is 2.27. The molecule has 0 aromatic carbocycles. The van der Waals surface area contributed by atoms with Crippen LogP contribution >= 0.6 is 7.82 Å². The van der Waals surface area contributed by atoms with Gasteiger partial charge in [0.1, 0.15) is 0 Å². The van der Waals surface area contributed by atoms with Crippen molar-refractivity contribution in [1.82, 2.24) is 5.32 Å². The highest BCUT2D eigenvalue weighted by atomic mass is 31.2. The first kappa shape index (κ1) is 51.9. The van der Waals surface area contributed by atoms with E-state index in [1.807, 2.05) is 6.08 Å². The molecule has 10 heteroatoms. The van der Waals surface area contributed by atoms with Crippen molar-refractivity contribution in [3.05, 3.63) is 24.3 Å². The molecule has 0 rings (SSSR count). The first-order valence-corrected chi connectivity index (χ1v) is 23.5. The van der Waals surface area contributed by atoms with Gasteiger partial charge in [0, 0.05) is 6.54 Å². The van der Waals surface area contributed by atoms with Crippen molar-refractivity contribution in [2.24, 2.45) is 5.73 Å². The molecule has 9 nitrogen and oxygen atoms in total. The Bertz CT molecular complexity index is 904. The fraction of sp³-hybridized carbons (Fsp3) is 0.884. The minimum atomic E-state index is -4.40. The van der Waals surface area contributed by atoms with Gasteiger partial charge in [0.05, 0.1) is 37.9 Å². The van der Waals surface area contributed by atoms with E-state index >= 15 is 0 Å². The lowest BCUT2D eigenvalue weighted by molar-refractivity contribution is -0.124. The van der Waals surface area contributed by atoms with Crippen LogP contribution in [0, 0.1) is 0 Å². The van der Waals surface area contributed by atoms with Crippen molar-refractivity contribution in [3.8, 4) is 0 Å². The molecule has 0 aliphatic carbocycles. The van der Waals surface area contributed by atoms with E-state index in [0.29, 0.717) is 6.42 Å². The van der Waals surface area contributed by atoms with E-state index in [1.54, 1.807) is 6.08 Å². The lowest BCUT2D eigenvalue weighted by Gasteiger charge is -2.24. The van der Waals surface area contributed by atoms with E-state index in [2.05, 4.69) is 31.3 Å². The molecule has 6 N–H and O–H groups in total. The van der Waals surface area contributed by atoms with E-state index in [-0.39, 0.29) is 19.6 Å². The highest BCUT2D eigenvalue weighted by Crippen LogP contribution is 2.43. The molecule has 0 aliphatic rings. The number of aliphatic hydroxyl groups excluding tert-OH is 2. The monoisotopic (exact) mass is 773 g/mol. The predicted molar refractivity (Wildman–Crippen MR) is 223 cm³/mol. The largest absolute Gasteiger partial charge is 0.472 e. The van der Waals surface area contributed by atoms with Crippen molar-refractivity contribution in [2.75, 3.05) is 19.8 Å². The Morgan fingerprint density at radius 1 is 0.642 bits per heavy atom. The first-order valence-electron chi connectivity index (χ1n) is 22.0. The Morgan fingerprint density at radius 2 is 1.06 bits per heavy atom. The van der Waals surface area contributed by atoms with Crippen LogP contribution < -0.4 is 11.1 Å². The van der Waals surface area contributed by atoms with Gasteiger partial charge >= 0.3 is 7.82 Å². The average molecular weight is 773 g/mol. The Morgan fingerprint density at radius 3 is 1.53 bits per heavy atom. The number of hydrogen-bond acceptors (Lipinski definition) is 7. The van der Waals surface area contributed by atoms with Crippen molar-refractivity contribution in [2.45, 2.75) is 225 Å². The molecule has 0 aromatic heterocycles. The maximum Gasteiger partial charge on any atom is 0.472 e. The van der Waals surface area contributed by atoms with Crippen LogP contribution in [0.15, 0.2) is 24.3 Å². The van der Waals surface area contributed by atoms with Gasteiger partial charge in [-0.05, 0) is 44.9 Å². The number of nitrogens with two attached hydrogens (primary N) is 1. The van der Waals surface area contributed by atoms with E-state index in [1.165, 1.54) is 128 Å². The third kappa shape index (κ3) is 37.6. The molecule has 0 saturated heterocycles. The summed E-state index contributed by atoms with van der Waals surface area (Å²) in [4.78, 5) is 22.7. The van der Waals surface area contributed by atoms with Crippen LogP contribution in [0.1, 0.15) is 206 Å². The molecule has 0 bridgehead atoms. The Labute approximate surface area is 326 Å². The summed E-state index contributed by atoms with van der Waals surface area (Å²) in [5, 5.41) is 24.0. The zero-order valence-corrected chi connectivity index (χ0v) is 35.3. The van der Waals surface area contributed by atoms with Crippen LogP contribution in [-0.4, -0.2) is 59.0 Å². The number of nitrogens with one attached hydrogen (secondary N) is 1. The SMILES string of the molecule is CCCCCC/C=C\CCCCCCCC(O)CC(=O)NC(COP(=O)(O)OCCN)C(O)/C=C/CCCCCCCCCCCCCCCCCC. The number of allylic oxidation sites excluding steroid dienone is 3. The predicted octanol–water partition coefficient (Wildman–Crippen LogP) is 11.1. The van der Waals surface area contributed by atoms with E-state index in [0.717, 1.165) is 51.4 Å². The topological polar surface area (TPSA) is 151 Å². The van der Waals surface area contributed by atoms with Gasteiger partial charge < -0.3 is 26.2 Å². The number of unbranched alkanes of at least 4 members (excludes halogenated alkanes) is 25. The highest BCUT2D eigenvalue weighted by molar-refractivity contribution is 7.47. The maximum absolute atomic E-state index is 12.8. The Kier molecular flexibility index (Phi) is 38.4. The minimum absolute atomic E-state index is 0.0489. The van der Waals surface area contributed by atoms with Crippen molar-refractivity contribution in [3.63, 3.8) is 0 Å². The van der Waals surface area contributed by atoms with E-state index in [9.17, 15) is 24.5 Å². The van der Waals surface area contributed by atoms with Gasteiger partial charge in [-0.15, -0.1) is 0 Å². The summed E-state index contributed by atoms with van der Waals surface area (Å²) in [6.07, 6.45) is 41.1. The summed E-state index contributed by atoms with van der Waals surface area (Å²) in [6.45, 7) is 3.96. The van der Waals surface area contributed by atoms with Crippen LogP contribution in [0.25, 0.3) is 0 Å². The fourth-order valence-corrected chi connectivity index (χ4v) is 7.22. The molecule has 0 aliphatic heterocycles. The molecular weight excluding hydrogens is 687 g/mol. The Hall–Kier alpha value is -1.06. The van der Waals surface area contributed by atoms with Crippen LogP contribution in [0.4, 0.5) is 0 Å². The number of hydrogen-bond donors (Lipinski definition) is 5. The molecule has 0 saturated carbocycles. The molecule has 0 radical (unpaired) electrons. The normalized spacial score (nSPS) is 14.9. The minimum Gasteiger partial charge on any atom is -0.393 e. The van der Waals surface area contributed by atoms with Crippen LogP contribution in [0.2, 0.25) is 0 Å². The molecule has 0 spiro atoms. The zero-order valence-electron chi connectivity index (χ0n) is 34.4. The smallest absolute Gasteiger partial charge is 0.393 e. The number of carbonyl (C=O) groups is 1. The van der Waals surface area contributed by atoms with Crippen LogP contribution in [0.3, 0.4) is 0 Å². The summed E-state index contributed by atoms with van der Waals surface area (Å²) in [7, 11) is -4.40. The average Bonchev–Trinajstić information content (AvgIpc) is 3.13. The fourth-order valence-electron chi connectivity index (χ4n) is 6.46. The number of rotatable bonds is 41. The third-order valence-electron chi connectivity index (χ3n) is 9.83. The molecule has 1 amide bonds. The summed E-state index contributed by atoms with van der Waals surface area (Å²) < 4.78 is 22.1. The number of phosphoric acid groups is 1. The van der Waals surface area contributed by atoms with E-state index in [4.69, 9.17) is 14.8 Å². The maximum atomic E-state index is 12.8. The summed E-state index contributed by atoms with van der Waals surface area (Å²) in [5.74, 6) is -0.450. The summed E-state index contributed by atoms with van der Waals surface area (Å²) in [6, 6.07) is -0.982. The third-order valence-corrected chi connectivity index (χ3v) is 10.8. The van der Waals surface area contributed by atoms with Gasteiger partial charge in [-0.1, -0.05) is 179 Å². The van der Waals surface area contributed by atoms with Gasteiger partial charge in [0.15, 0.2) is 0 Å². The summed E-state index contributed by atoms with van der Waals surface area (Å²) >= 11 is 0. The molecule has 0 heterocycles. The second-order valence-corrected chi connectivity index (χ2v) is 16.5. The van der Waals surface area contributed by atoms with Gasteiger partial charge in [-0.2, -0.15) is 0 Å². The molecule has 0 fully saturated rings. The standard InChI is InChI=1S/C43H85N2O7P/c1-3-5-7-9-11-13-15-17-18-19-20-21-23-25-27-29-31-33-35-42(47)41(39-52-53(49,50)51-37-36-44)45-43(48)38-40(46)34-32-30-28-26-24-22-16-14-12-10-8-6-4-2/h14,16,33,35,40-42,46-47H,3-13,15,17-32,34,36-39,44H2,1-2H3,(H,45,48)(H,49,50)/b16-14-,35-33+. The van der Waals surface area contributed by atoms with Gasteiger partial charge in [0.2, 0.25) is 5.91 Å². The molecule has 53 heavy (non-hydrogen) atoms. The van der Waals surface area contributed by atoms with Crippen molar-refractivity contribution >= 4 is 13.7 Å². The lowest BCUT2D eigenvalue weighted by Crippen LogP contribution is -2.46. The summed E-state index contributed by atoms with van der Waals surface area (Å²) in [5.41, 5.74) is 5.36. The van der Waals surface area contributed by atoms with Crippen LogP contribution in [0.5, 0.6) is 0 Å². The molecule has 0 aromatic rings. The zero-order chi connectivity index (χ0) is 39.1. The number of carbonyl (C=O) groups excluding carboxylic acids is 1. The molecule has 4 atom stereocenters. The lowest BCUT2D eigenvalue weighted by atomic mass is 10.0. The quantitative estimate of drug-likeness (QED) is 0.0234. The second kappa shape index (κ2) is 39.2. The second-order valence-electron chi connectivity index (χ2n) is 15.1. The molecule has 314 valence electrons. The van der Waals surface area contributed by atoms with Gasteiger partial charge in [-0.25, -0.2) is 4.57 Å². The number of amides is 1. The van der Waals surface area contributed by atoms with Crippen molar-refractivity contribution in [1.29, 1.82) is 0 Å². The van der Waals surface area contributed by atoms with Crippen LogP contribution in [-0.2, 0) is 18.4 Å². The molecule has 4 unspecified atom stereocenters. The number of phosphoric ester groups is 1. The van der Waals surface area contributed by atoms with E-state index < -0.39 is 38.6 Å². The Balaban J connectivity index is 4.33. The van der Waals surface area contributed by atoms with Crippen molar-refractivity contribution < 1.29 is 33.5 Å². The van der Waals surface area contributed by atoms with Gasteiger partial charge in [-0.3, -0.25) is 13.8 Å². The number of aliphatic hydroxyl groups is 2. The van der Waals surface area contributed by atoms with Gasteiger partial charge in [0.25, 0.3) is 0 Å².